The summed E-state index contributed by atoms with van der Waals surface area (Å²) in [6, 6.07) is 11.1. The SMILES string of the molecule is COc1ccc(Nc2ccc(N)c(OC)c2)c(OC)c1. The Morgan fingerprint density at radius 3 is 2.25 bits per heavy atom. The Kier molecular flexibility index (Phi) is 4.20. The first kappa shape index (κ1) is 13.9. The van der Waals surface area contributed by atoms with Gasteiger partial charge >= 0.3 is 0 Å². The molecular weight excluding hydrogens is 256 g/mol. The molecule has 0 heterocycles. The highest BCUT2D eigenvalue weighted by molar-refractivity contribution is 5.71. The van der Waals surface area contributed by atoms with Gasteiger partial charge in [0, 0.05) is 17.8 Å². The molecule has 0 atom stereocenters. The van der Waals surface area contributed by atoms with E-state index in [-0.39, 0.29) is 0 Å². The zero-order valence-electron chi connectivity index (χ0n) is 11.8. The lowest BCUT2D eigenvalue weighted by atomic mass is 10.2. The number of rotatable bonds is 5. The molecule has 0 saturated carbocycles. The van der Waals surface area contributed by atoms with Gasteiger partial charge in [0.05, 0.1) is 32.7 Å². The Balaban J connectivity index is 2.29. The topological polar surface area (TPSA) is 65.7 Å². The van der Waals surface area contributed by atoms with Crippen LogP contribution in [0, 0.1) is 0 Å². The van der Waals surface area contributed by atoms with Crippen LogP contribution in [-0.4, -0.2) is 21.3 Å². The number of nitrogens with one attached hydrogen (secondary N) is 1. The van der Waals surface area contributed by atoms with Crippen LogP contribution in [0.5, 0.6) is 17.2 Å². The van der Waals surface area contributed by atoms with Crippen LogP contribution in [0.15, 0.2) is 36.4 Å². The molecule has 0 fully saturated rings. The van der Waals surface area contributed by atoms with Gasteiger partial charge in [0.1, 0.15) is 17.2 Å². The molecule has 0 aliphatic rings. The molecule has 0 saturated heterocycles. The van der Waals surface area contributed by atoms with Crippen LogP contribution in [-0.2, 0) is 0 Å². The minimum Gasteiger partial charge on any atom is -0.497 e. The number of methoxy groups -OCH3 is 3. The standard InChI is InChI=1S/C15H18N2O3/c1-18-11-5-7-13(15(9-11)20-3)17-10-4-6-12(16)14(8-10)19-2/h4-9,17H,16H2,1-3H3. The molecule has 5 heteroatoms. The van der Waals surface area contributed by atoms with E-state index in [4.69, 9.17) is 19.9 Å². The third-order valence-corrected chi connectivity index (χ3v) is 2.92. The van der Waals surface area contributed by atoms with Gasteiger partial charge < -0.3 is 25.3 Å². The average molecular weight is 274 g/mol. The predicted octanol–water partition coefficient (Wildman–Crippen LogP) is 3.04. The van der Waals surface area contributed by atoms with Crippen LogP contribution >= 0.6 is 0 Å². The minimum absolute atomic E-state index is 0.597. The van der Waals surface area contributed by atoms with Crippen LogP contribution in [0.1, 0.15) is 0 Å². The highest BCUT2D eigenvalue weighted by Crippen LogP contribution is 2.33. The van der Waals surface area contributed by atoms with Gasteiger partial charge in [0.25, 0.3) is 0 Å². The number of nitrogen functional groups attached to an aromatic ring is 1. The van der Waals surface area contributed by atoms with E-state index >= 15 is 0 Å². The number of anilines is 3. The summed E-state index contributed by atoms with van der Waals surface area (Å²) >= 11 is 0. The maximum Gasteiger partial charge on any atom is 0.145 e. The van der Waals surface area contributed by atoms with Gasteiger partial charge in [-0.1, -0.05) is 0 Å². The van der Waals surface area contributed by atoms with Gasteiger partial charge in [0.15, 0.2) is 0 Å². The monoisotopic (exact) mass is 274 g/mol. The molecule has 0 unspecified atom stereocenters. The molecule has 0 radical (unpaired) electrons. The number of ether oxygens (including phenoxy) is 3. The van der Waals surface area contributed by atoms with Crippen molar-refractivity contribution in [1.82, 2.24) is 0 Å². The lowest BCUT2D eigenvalue weighted by molar-refractivity contribution is 0.395. The lowest BCUT2D eigenvalue weighted by Crippen LogP contribution is -1.97. The van der Waals surface area contributed by atoms with Crippen molar-refractivity contribution in [3.05, 3.63) is 36.4 Å². The number of hydrogen-bond donors (Lipinski definition) is 2. The van der Waals surface area contributed by atoms with Crippen molar-refractivity contribution in [2.75, 3.05) is 32.4 Å². The van der Waals surface area contributed by atoms with Crippen LogP contribution in [0.2, 0.25) is 0 Å². The molecule has 5 nitrogen and oxygen atoms in total. The third kappa shape index (κ3) is 2.88. The summed E-state index contributed by atoms with van der Waals surface area (Å²) in [6.07, 6.45) is 0. The van der Waals surface area contributed by atoms with E-state index in [0.717, 1.165) is 17.1 Å². The van der Waals surface area contributed by atoms with E-state index in [1.807, 2.05) is 30.3 Å². The molecule has 2 aromatic carbocycles. The van der Waals surface area contributed by atoms with Gasteiger partial charge in [-0.2, -0.15) is 0 Å². The smallest absolute Gasteiger partial charge is 0.145 e. The molecule has 0 amide bonds. The highest BCUT2D eigenvalue weighted by Gasteiger charge is 2.07. The highest BCUT2D eigenvalue weighted by atomic mass is 16.5. The molecule has 0 aliphatic carbocycles. The Bertz CT molecular complexity index is 600. The molecular formula is C15H18N2O3. The van der Waals surface area contributed by atoms with Crippen molar-refractivity contribution in [1.29, 1.82) is 0 Å². The summed E-state index contributed by atoms with van der Waals surface area (Å²) in [5.74, 6) is 2.06. The van der Waals surface area contributed by atoms with Crippen LogP contribution in [0.4, 0.5) is 17.1 Å². The third-order valence-electron chi connectivity index (χ3n) is 2.92. The second-order valence-electron chi connectivity index (χ2n) is 4.15. The maximum atomic E-state index is 5.79. The minimum atomic E-state index is 0.597. The van der Waals surface area contributed by atoms with E-state index in [1.54, 1.807) is 27.4 Å². The summed E-state index contributed by atoms with van der Waals surface area (Å²) in [5.41, 5.74) is 8.08. The Morgan fingerprint density at radius 2 is 1.60 bits per heavy atom. The first-order valence-electron chi connectivity index (χ1n) is 6.10. The maximum absolute atomic E-state index is 5.79. The molecule has 3 N–H and O–H groups in total. The summed E-state index contributed by atoms with van der Waals surface area (Å²) in [7, 11) is 4.82. The summed E-state index contributed by atoms with van der Waals surface area (Å²) in [4.78, 5) is 0. The second kappa shape index (κ2) is 6.06. The molecule has 0 bridgehead atoms. The molecule has 0 spiro atoms. The zero-order chi connectivity index (χ0) is 14.5. The summed E-state index contributed by atoms with van der Waals surface area (Å²) in [6.45, 7) is 0. The van der Waals surface area contributed by atoms with Crippen molar-refractivity contribution in [3.63, 3.8) is 0 Å². The van der Waals surface area contributed by atoms with Crippen molar-refractivity contribution in [2.45, 2.75) is 0 Å². The van der Waals surface area contributed by atoms with Crippen molar-refractivity contribution in [3.8, 4) is 17.2 Å². The van der Waals surface area contributed by atoms with E-state index in [2.05, 4.69) is 5.32 Å². The zero-order valence-corrected chi connectivity index (χ0v) is 11.8. The number of nitrogens with two attached hydrogens (primary N) is 1. The van der Waals surface area contributed by atoms with Gasteiger partial charge in [0.2, 0.25) is 0 Å². The van der Waals surface area contributed by atoms with E-state index in [1.165, 1.54) is 0 Å². The van der Waals surface area contributed by atoms with Crippen molar-refractivity contribution in [2.24, 2.45) is 0 Å². The normalized spacial score (nSPS) is 9.95. The number of hydrogen-bond acceptors (Lipinski definition) is 5. The predicted molar refractivity (Wildman–Crippen MR) is 80.2 cm³/mol. The molecule has 0 aromatic heterocycles. The fourth-order valence-electron chi connectivity index (χ4n) is 1.85. The van der Waals surface area contributed by atoms with Gasteiger partial charge in [-0.3, -0.25) is 0 Å². The summed E-state index contributed by atoms with van der Waals surface area (Å²) < 4.78 is 15.7. The number of benzene rings is 2. The Labute approximate surface area is 118 Å². The quantitative estimate of drug-likeness (QED) is 0.820. The second-order valence-corrected chi connectivity index (χ2v) is 4.15. The van der Waals surface area contributed by atoms with Crippen LogP contribution in [0.3, 0.4) is 0 Å². The van der Waals surface area contributed by atoms with Gasteiger partial charge in [-0.25, -0.2) is 0 Å². The molecule has 20 heavy (non-hydrogen) atoms. The van der Waals surface area contributed by atoms with Crippen molar-refractivity contribution >= 4 is 17.1 Å². The molecule has 2 aromatic rings. The van der Waals surface area contributed by atoms with Gasteiger partial charge in [-0.15, -0.1) is 0 Å². The summed E-state index contributed by atoms with van der Waals surface area (Å²) in [5, 5.41) is 3.26. The van der Waals surface area contributed by atoms with E-state index in [0.29, 0.717) is 17.2 Å². The molecule has 2 rings (SSSR count). The van der Waals surface area contributed by atoms with E-state index < -0.39 is 0 Å². The Hall–Kier alpha value is -2.56. The lowest BCUT2D eigenvalue weighted by Gasteiger charge is -2.13. The van der Waals surface area contributed by atoms with Crippen LogP contribution < -0.4 is 25.3 Å². The average Bonchev–Trinajstić information content (AvgIpc) is 2.49. The first-order valence-corrected chi connectivity index (χ1v) is 6.10. The molecule has 0 aliphatic heterocycles. The fraction of sp³-hybridized carbons (Fsp3) is 0.200. The fourth-order valence-corrected chi connectivity index (χ4v) is 1.85. The van der Waals surface area contributed by atoms with Gasteiger partial charge in [-0.05, 0) is 24.3 Å². The largest absolute Gasteiger partial charge is 0.497 e. The van der Waals surface area contributed by atoms with E-state index in [9.17, 15) is 0 Å². The van der Waals surface area contributed by atoms with Crippen molar-refractivity contribution < 1.29 is 14.2 Å². The van der Waals surface area contributed by atoms with Crippen LogP contribution in [0.25, 0.3) is 0 Å². The Morgan fingerprint density at radius 1 is 0.850 bits per heavy atom. The molecule has 106 valence electrons. The first-order chi connectivity index (χ1) is 9.67.